The van der Waals surface area contributed by atoms with Crippen LogP contribution in [-0.2, 0) is 16.1 Å². The van der Waals surface area contributed by atoms with Crippen molar-refractivity contribution < 1.29 is 9.59 Å². The molecule has 2 aliphatic heterocycles. The molecule has 0 spiro atoms. The number of benzene rings is 1. The summed E-state index contributed by atoms with van der Waals surface area (Å²) in [4.78, 5) is 30.6. The molecule has 2 N–H and O–H groups in total. The molecule has 2 atom stereocenters. The molecule has 1 aliphatic carbocycles. The van der Waals surface area contributed by atoms with E-state index in [2.05, 4.69) is 46.0 Å². The van der Waals surface area contributed by atoms with Crippen molar-refractivity contribution in [3.8, 4) is 0 Å². The summed E-state index contributed by atoms with van der Waals surface area (Å²) in [6.07, 6.45) is 8.52. The molecule has 2 amide bonds. The van der Waals surface area contributed by atoms with Gasteiger partial charge in [0.15, 0.2) is 0 Å². The fraction of sp³-hybridized carbons (Fsp3) is 0.292. The lowest BCUT2D eigenvalue weighted by molar-refractivity contribution is -0.125. The summed E-state index contributed by atoms with van der Waals surface area (Å²) >= 11 is 0. The van der Waals surface area contributed by atoms with E-state index in [1.807, 2.05) is 23.1 Å². The molecule has 0 saturated carbocycles. The lowest BCUT2D eigenvalue weighted by atomic mass is 9.98. The summed E-state index contributed by atoms with van der Waals surface area (Å²) in [5.74, 6) is 1.49. The van der Waals surface area contributed by atoms with Crippen LogP contribution in [0.25, 0.3) is 11.6 Å². The zero-order chi connectivity index (χ0) is 20.5. The third-order valence-electron chi connectivity index (χ3n) is 6.11. The zero-order valence-corrected chi connectivity index (χ0v) is 16.7. The molecule has 3 aliphatic rings. The van der Waals surface area contributed by atoms with Gasteiger partial charge >= 0.3 is 0 Å². The van der Waals surface area contributed by atoms with E-state index in [0.29, 0.717) is 24.2 Å². The van der Waals surface area contributed by atoms with Crippen LogP contribution in [0.1, 0.15) is 23.1 Å². The fourth-order valence-corrected chi connectivity index (χ4v) is 4.58. The van der Waals surface area contributed by atoms with Crippen molar-refractivity contribution in [3.05, 3.63) is 71.4 Å². The number of amides is 2. The number of fused-ring (bicyclic) bond motifs is 2. The van der Waals surface area contributed by atoms with E-state index in [4.69, 9.17) is 0 Å². The number of rotatable bonds is 3. The van der Waals surface area contributed by atoms with Gasteiger partial charge in [-0.3, -0.25) is 9.59 Å². The van der Waals surface area contributed by atoms with E-state index < -0.39 is 0 Å². The summed E-state index contributed by atoms with van der Waals surface area (Å²) in [5.41, 5.74) is 4.48. The minimum absolute atomic E-state index is 0.0421. The highest BCUT2D eigenvalue weighted by Gasteiger charge is 2.37. The van der Waals surface area contributed by atoms with Gasteiger partial charge < -0.3 is 15.5 Å². The Labute approximate surface area is 175 Å². The number of nitrogens with one attached hydrogen (secondary N) is 2. The Bertz CT molecular complexity index is 1040. The van der Waals surface area contributed by atoms with Crippen LogP contribution in [0, 0.1) is 11.8 Å². The summed E-state index contributed by atoms with van der Waals surface area (Å²) in [6.45, 7) is 2.43. The molecular formula is C24H24N4O2. The van der Waals surface area contributed by atoms with E-state index in [0.717, 1.165) is 30.6 Å². The van der Waals surface area contributed by atoms with Gasteiger partial charge in [0.2, 0.25) is 11.8 Å². The second-order valence-corrected chi connectivity index (χ2v) is 8.19. The number of nitrogens with zero attached hydrogens (tertiary/aromatic N) is 2. The molecule has 152 valence electrons. The summed E-state index contributed by atoms with van der Waals surface area (Å²) in [5, 5.41) is 5.85. The van der Waals surface area contributed by atoms with Crippen LogP contribution in [0.5, 0.6) is 0 Å². The number of carbonyl (C=O) groups is 2. The minimum Gasteiger partial charge on any atom is -0.338 e. The maximum absolute atomic E-state index is 12.7. The Hall–Kier alpha value is -3.25. The standard InChI is InChI=1S/C24H24N4O2/c29-22-13-25-12-19-8-16(11-26-24(19)27-22)6-7-23(30)28-14-20-9-18(10-21(20)15-28)17-4-2-1-3-5-17/h1-9,11,20-21,25H,10,12-15H2,(H,26,27,29)/b7-6+/t20-,21+/m0/s1. The van der Waals surface area contributed by atoms with E-state index in [1.54, 1.807) is 12.3 Å². The Morgan fingerprint density at radius 2 is 2.03 bits per heavy atom. The van der Waals surface area contributed by atoms with Gasteiger partial charge in [-0.2, -0.15) is 0 Å². The molecule has 0 radical (unpaired) electrons. The second kappa shape index (κ2) is 7.88. The van der Waals surface area contributed by atoms with E-state index in [-0.39, 0.29) is 18.4 Å². The van der Waals surface area contributed by atoms with Crippen LogP contribution < -0.4 is 10.6 Å². The largest absolute Gasteiger partial charge is 0.338 e. The highest BCUT2D eigenvalue weighted by molar-refractivity contribution is 5.93. The Balaban J connectivity index is 1.23. The van der Waals surface area contributed by atoms with Gasteiger partial charge in [0, 0.05) is 37.5 Å². The van der Waals surface area contributed by atoms with Crippen LogP contribution in [0.4, 0.5) is 5.82 Å². The first-order chi connectivity index (χ1) is 14.7. The SMILES string of the molecule is O=C1CNCc2cc(/C=C/C(=O)N3C[C@H]4CC(c5ccccc5)=C[C@H]4C3)cnc2N1. The van der Waals surface area contributed by atoms with E-state index in [1.165, 1.54) is 11.1 Å². The number of anilines is 1. The maximum atomic E-state index is 12.7. The first-order valence-corrected chi connectivity index (χ1v) is 10.4. The van der Waals surface area contributed by atoms with Crippen LogP contribution in [0.15, 0.2) is 54.7 Å². The number of aromatic nitrogens is 1. The molecule has 1 fully saturated rings. The van der Waals surface area contributed by atoms with Gasteiger partial charge in [-0.05, 0) is 47.1 Å². The second-order valence-electron chi connectivity index (χ2n) is 8.19. The Morgan fingerprint density at radius 1 is 1.17 bits per heavy atom. The lowest BCUT2D eigenvalue weighted by Crippen LogP contribution is -2.27. The minimum atomic E-state index is -0.0937. The lowest BCUT2D eigenvalue weighted by Gasteiger charge is -2.15. The van der Waals surface area contributed by atoms with Crippen LogP contribution >= 0.6 is 0 Å². The quantitative estimate of drug-likeness (QED) is 0.777. The molecule has 3 heterocycles. The Morgan fingerprint density at radius 3 is 2.87 bits per heavy atom. The summed E-state index contributed by atoms with van der Waals surface area (Å²) in [6, 6.07) is 12.5. The van der Waals surface area contributed by atoms with Gasteiger partial charge in [-0.25, -0.2) is 4.98 Å². The Kier molecular flexibility index (Phi) is 4.93. The number of hydrogen-bond acceptors (Lipinski definition) is 4. The van der Waals surface area contributed by atoms with Crippen LogP contribution in [0.2, 0.25) is 0 Å². The number of carbonyl (C=O) groups excluding carboxylic acids is 2. The van der Waals surface area contributed by atoms with Crippen LogP contribution in [0.3, 0.4) is 0 Å². The molecule has 1 saturated heterocycles. The van der Waals surface area contributed by atoms with Gasteiger partial charge in [0.1, 0.15) is 5.82 Å². The van der Waals surface area contributed by atoms with E-state index >= 15 is 0 Å². The van der Waals surface area contributed by atoms with Crippen molar-refractivity contribution in [2.24, 2.45) is 11.8 Å². The number of likely N-dealkylation sites (tertiary alicyclic amines) is 1. The van der Waals surface area contributed by atoms with Crippen molar-refractivity contribution >= 4 is 29.3 Å². The predicted molar refractivity (Wildman–Crippen MR) is 116 cm³/mol. The topological polar surface area (TPSA) is 74.3 Å². The van der Waals surface area contributed by atoms with Gasteiger partial charge in [-0.1, -0.05) is 36.4 Å². The normalized spacial score (nSPS) is 23.0. The smallest absolute Gasteiger partial charge is 0.246 e. The van der Waals surface area contributed by atoms with Gasteiger partial charge in [-0.15, -0.1) is 0 Å². The monoisotopic (exact) mass is 400 g/mol. The fourth-order valence-electron chi connectivity index (χ4n) is 4.58. The van der Waals surface area contributed by atoms with Gasteiger partial charge in [0.05, 0.1) is 6.54 Å². The van der Waals surface area contributed by atoms with Crippen molar-refractivity contribution in [1.29, 1.82) is 0 Å². The average Bonchev–Trinajstić information content (AvgIpc) is 3.28. The summed E-state index contributed by atoms with van der Waals surface area (Å²) < 4.78 is 0. The number of pyridine rings is 1. The van der Waals surface area contributed by atoms with Crippen molar-refractivity contribution in [2.45, 2.75) is 13.0 Å². The number of hydrogen-bond donors (Lipinski definition) is 2. The number of allylic oxidation sites excluding steroid dienone is 1. The van der Waals surface area contributed by atoms with Crippen LogP contribution in [-0.4, -0.2) is 41.3 Å². The highest BCUT2D eigenvalue weighted by atomic mass is 16.2. The average molecular weight is 400 g/mol. The first-order valence-electron chi connectivity index (χ1n) is 10.4. The zero-order valence-electron chi connectivity index (χ0n) is 16.7. The van der Waals surface area contributed by atoms with Crippen molar-refractivity contribution in [1.82, 2.24) is 15.2 Å². The molecule has 6 nitrogen and oxygen atoms in total. The van der Waals surface area contributed by atoms with Crippen molar-refractivity contribution in [3.63, 3.8) is 0 Å². The van der Waals surface area contributed by atoms with E-state index in [9.17, 15) is 9.59 Å². The highest BCUT2D eigenvalue weighted by Crippen LogP contribution is 2.40. The predicted octanol–water partition coefficient (Wildman–Crippen LogP) is 2.70. The van der Waals surface area contributed by atoms with Gasteiger partial charge in [0.25, 0.3) is 0 Å². The molecule has 1 aromatic heterocycles. The summed E-state index contributed by atoms with van der Waals surface area (Å²) in [7, 11) is 0. The molecule has 6 heteroatoms. The molecule has 1 aromatic carbocycles. The third kappa shape index (κ3) is 3.78. The molecule has 5 rings (SSSR count). The maximum Gasteiger partial charge on any atom is 0.246 e. The molecule has 0 unspecified atom stereocenters. The molecule has 0 bridgehead atoms. The van der Waals surface area contributed by atoms with Crippen molar-refractivity contribution in [2.75, 3.05) is 25.0 Å². The molecular weight excluding hydrogens is 376 g/mol. The molecule has 2 aromatic rings. The third-order valence-corrected chi connectivity index (χ3v) is 6.11. The first kappa shape index (κ1) is 18.8. The molecule has 30 heavy (non-hydrogen) atoms.